The molecule has 1 aromatic carbocycles. The van der Waals surface area contributed by atoms with Crippen molar-refractivity contribution in [2.75, 3.05) is 19.7 Å². The standard InChI is InChI=1S/C18H21Cl2F4NO3/c1-3-28-16-12(9(2)19)15(21)14(20)11(5-4-6-18(22,23)24)13(16)10-7-25(8-10)17(26)27/h9-10H,3-8H2,1-2H3,(H,26,27). The molecule has 1 unspecified atom stereocenters. The number of hydrogen-bond donors (Lipinski definition) is 1. The maximum Gasteiger partial charge on any atom is 0.407 e. The summed E-state index contributed by atoms with van der Waals surface area (Å²) in [5.74, 6) is -1.01. The summed E-state index contributed by atoms with van der Waals surface area (Å²) in [7, 11) is 0. The normalized spacial score (nSPS) is 16.1. The summed E-state index contributed by atoms with van der Waals surface area (Å²) < 4.78 is 58.2. The van der Waals surface area contributed by atoms with Crippen LogP contribution in [0.25, 0.3) is 0 Å². The number of carboxylic acid groups (broad SMARTS) is 1. The van der Waals surface area contributed by atoms with Crippen LogP contribution in [-0.2, 0) is 6.42 Å². The second-order valence-corrected chi connectivity index (χ2v) is 7.70. The first-order valence-corrected chi connectivity index (χ1v) is 9.64. The van der Waals surface area contributed by atoms with Crippen molar-refractivity contribution >= 4 is 29.3 Å². The molecule has 10 heteroatoms. The van der Waals surface area contributed by atoms with Crippen LogP contribution in [0.3, 0.4) is 0 Å². The van der Waals surface area contributed by atoms with E-state index in [2.05, 4.69) is 0 Å². The van der Waals surface area contributed by atoms with Gasteiger partial charge in [-0.25, -0.2) is 9.18 Å². The third-order valence-corrected chi connectivity index (χ3v) is 5.25. The van der Waals surface area contributed by atoms with E-state index in [1.807, 2.05) is 0 Å². The van der Waals surface area contributed by atoms with Gasteiger partial charge in [-0.05, 0) is 32.3 Å². The number of carbonyl (C=O) groups is 1. The molecule has 1 atom stereocenters. The summed E-state index contributed by atoms with van der Waals surface area (Å²) in [6, 6.07) is 0. The Morgan fingerprint density at radius 2 is 2.00 bits per heavy atom. The van der Waals surface area contributed by atoms with Crippen LogP contribution < -0.4 is 4.74 Å². The van der Waals surface area contributed by atoms with Gasteiger partial charge in [0.25, 0.3) is 0 Å². The molecule has 4 nitrogen and oxygen atoms in total. The van der Waals surface area contributed by atoms with Gasteiger partial charge < -0.3 is 14.7 Å². The number of amides is 1. The minimum absolute atomic E-state index is 0.0388. The molecule has 158 valence electrons. The lowest BCUT2D eigenvalue weighted by Gasteiger charge is -2.39. The summed E-state index contributed by atoms with van der Waals surface area (Å²) in [4.78, 5) is 12.2. The summed E-state index contributed by atoms with van der Waals surface area (Å²) in [6.45, 7) is 3.66. The maximum atomic E-state index is 14.9. The molecule has 1 amide bonds. The van der Waals surface area contributed by atoms with Crippen molar-refractivity contribution in [1.82, 2.24) is 4.90 Å². The van der Waals surface area contributed by atoms with Gasteiger partial charge in [0, 0.05) is 36.6 Å². The van der Waals surface area contributed by atoms with E-state index >= 15 is 0 Å². The Morgan fingerprint density at radius 1 is 1.39 bits per heavy atom. The Kier molecular flexibility index (Phi) is 7.31. The Balaban J connectivity index is 2.53. The Morgan fingerprint density at radius 3 is 2.46 bits per heavy atom. The molecule has 1 fully saturated rings. The highest BCUT2D eigenvalue weighted by atomic mass is 35.5. The molecule has 0 aliphatic carbocycles. The molecule has 1 aliphatic rings. The van der Waals surface area contributed by atoms with Crippen LogP contribution >= 0.6 is 23.2 Å². The van der Waals surface area contributed by atoms with Crippen molar-refractivity contribution in [3.05, 3.63) is 27.5 Å². The molecular formula is C18H21Cl2F4NO3. The first kappa shape index (κ1) is 22.9. The molecule has 2 rings (SSSR count). The minimum atomic E-state index is -4.34. The molecule has 0 saturated carbocycles. The van der Waals surface area contributed by atoms with E-state index in [4.69, 9.17) is 33.0 Å². The fourth-order valence-electron chi connectivity index (χ4n) is 3.37. The van der Waals surface area contributed by atoms with Gasteiger partial charge in [0.05, 0.1) is 17.0 Å². The fourth-order valence-corrected chi connectivity index (χ4v) is 3.86. The average Bonchev–Trinajstić information content (AvgIpc) is 2.51. The molecule has 1 heterocycles. The number of ether oxygens (including phenoxy) is 1. The molecule has 1 aromatic rings. The van der Waals surface area contributed by atoms with Crippen LogP contribution in [0.4, 0.5) is 22.4 Å². The van der Waals surface area contributed by atoms with E-state index in [0.717, 1.165) is 4.90 Å². The molecule has 0 aromatic heterocycles. The van der Waals surface area contributed by atoms with Crippen molar-refractivity contribution in [3.63, 3.8) is 0 Å². The van der Waals surface area contributed by atoms with Gasteiger partial charge in [0.1, 0.15) is 11.6 Å². The van der Waals surface area contributed by atoms with Gasteiger partial charge in [-0.1, -0.05) is 11.6 Å². The average molecular weight is 446 g/mol. The highest BCUT2D eigenvalue weighted by Gasteiger charge is 2.38. The van der Waals surface area contributed by atoms with Crippen molar-refractivity contribution in [3.8, 4) is 5.75 Å². The van der Waals surface area contributed by atoms with Crippen molar-refractivity contribution in [1.29, 1.82) is 0 Å². The number of likely N-dealkylation sites (tertiary alicyclic amines) is 1. The zero-order chi connectivity index (χ0) is 21.2. The Hall–Kier alpha value is -1.41. The van der Waals surface area contributed by atoms with E-state index in [1.54, 1.807) is 6.92 Å². The van der Waals surface area contributed by atoms with E-state index < -0.39 is 29.9 Å². The van der Waals surface area contributed by atoms with Gasteiger partial charge in [-0.2, -0.15) is 13.2 Å². The zero-order valence-corrected chi connectivity index (χ0v) is 16.9. The summed E-state index contributed by atoms with van der Waals surface area (Å²) in [5, 5.41) is 8.00. The second-order valence-electron chi connectivity index (χ2n) is 6.67. The maximum absolute atomic E-state index is 14.9. The fraction of sp³-hybridized carbons (Fsp3) is 0.611. The van der Waals surface area contributed by atoms with Crippen LogP contribution in [-0.4, -0.2) is 42.0 Å². The summed E-state index contributed by atoms with van der Waals surface area (Å²) in [6.07, 6.45) is -6.85. The van der Waals surface area contributed by atoms with E-state index in [0.29, 0.717) is 5.56 Å². The lowest BCUT2D eigenvalue weighted by molar-refractivity contribution is -0.135. The molecule has 28 heavy (non-hydrogen) atoms. The first-order valence-electron chi connectivity index (χ1n) is 8.83. The van der Waals surface area contributed by atoms with Gasteiger partial charge in [0.15, 0.2) is 0 Å². The number of nitrogens with zero attached hydrogens (tertiary/aromatic N) is 1. The van der Waals surface area contributed by atoms with Gasteiger partial charge in [-0.15, -0.1) is 11.6 Å². The van der Waals surface area contributed by atoms with Crippen molar-refractivity contribution in [2.45, 2.75) is 50.6 Å². The molecule has 1 saturated heterocycles. The Labute approximate surface area is 170 Å². The molecule has 0 spiro atoms. The molecular weight excluding hydrogens is 425 g/mol. The quantitative estimate of drug-likeness (QED) is 0.405. The van der Waals surface area contributed by atoms with Gasteiger partial charge in [0.2, 0.25) is 0 Å². The third kappa shape index (κ3) is 4.95. The zero-order valence-electron chi connectivity index (χ0n) is 15.4. The van der Waals surface area contributed by atoms with Gasteiger partial charge in [-0.3, -0.25) is 0 Å². The van der Waals surface area contributed by atoms with Gasteiger partial charge >= 0.3 is 12.3 Å². The van der Waals surface area contributed by atoms with Crippen LogP contribution in [0.5, 0.6) is 5.75 Å². The number of rotatable bonds is 7. The first-order chi connectivity index (χ1) is 13.0. The third-order valence-electron chi connectivity index (χ3n) is 4.64. The lowest BCUT2D eigenvalue weighted by atomic mass is 9.83. The number of alkyl halides is 4. The lowest BCUT2D eigenvalue weighted by Crippen LogP contribution is -2.48. The highest BCUT2D eigenvalue weighted by Crippen LogP contribution is 2.47. The monoisotopic (exact) mass is 445 g/mol. The second kappa shape index (κ2) is 8.95. The number of hydrogen-bond acceptors (Lipinski definition) is 2. The van der Waals surface area contributed by atoms with Crippen LogP contribution in [0.1, 0.15) is 54.7 Å². The van der Waals surface area contributed by atoms with Crippen LogP contribution in [0.15, 0.2) is 0 Å². The highest BCUT2D eigenvalue weighted by molar-refractivity contribution is 6.32. The summed E-state index contributed by atoms with van der Waals surface area (Å²) in [5.41, 5.74) is 0.718. The van der Waals surface area contributed by atoms with Crippen LogP contribution in [0.2, 0.25) is 5.02 Å². The topological polar surface area (TPSA) is 49.8 Å². The predicted molar refractivity (Wildman–Crippen MR) is 98.2 cm³/mol. The predicted octanol–water partition coefficient (Wildman–Crippen LogP) is 6.14. The Bertz CT molecular complexity index is 735. The van der Waals surface area contributed by atoms with Crippen LogP contribution in [0, 0.1) is 5.82 Å². The molecule has 1 N–H and O–H groups in total. The molecule has 0 bridgehead atoms. The molecule has 0 radical (unpaired) electrons. The van der Waals surface area contributed by atoms with Crippen molar-refractivity contribution in [2.24, 2.45) is 0 Å². The number of halogens is 6. The van der Waals surface area contributed by atoms with E-state index in [1.165, 1.54) is 6.92 Å². The van der Waals surface area contributed by atoms with E-state index in [-0.39, 0.29) is 60.4 Å². The molecule has 1 aliphatic heterocycles. The smallest absolute Gasteiger partial charge is 0.407 e. The number of benzene rings is 1. The largest absolute Gasteiger partial charge is 0.493 e. The van der Waals surface area contributed by atoms with E-state index in [9.17, 15) is 22.4 Å². The SMILES string of the molecule is CCOc1c(C(C)Cl)c(F)c(Cl)c(CCCC(F)(F)F)c1C1CN(C(=O)O)C1. The summed E-state index contributed by atoms with van der Waals surface area (Å²) >= 11 is 12.3. The van der Waals surface area contributed by atoms with Crippen molar-refractivity contribution < 1.29 is 32.2 Å². The minimum Gasteiger partial charge on any atom is -0.493 e.